The fourth-order valence-corrected chi connectivity index (χ4v) is 2.24. The van der Waals surface area contributed by atoms with Crippen molar-refractivity contribution in [1.82, 2.24) is 4.98 Å². The molecule has 0 bridgehead atoms. The van der Waals surface area contributed by atoms with Gasteiger partial charge in [0, 0.05) is 17.9 Å². The molecule has 1 aromatic heterocycles. The van der Waals surface area contributed by atoms with E-state index in [1.807, 2.05) is 18.3 Å². The Morgan fingerprint density at radius 1 is 1.05 bits per heavy atom. The van der Waals surface area contributed by atoms with Crippen molar-refractivity contribution in [1.29, 1.82) is 0 Å². The second kappa shape index (κ2) is 7.05. The molecule has 2 nitrogen and oxygen atoms in total. The third-order valence-electron chi connectivity index (χ3n) is 3.38. The number of hydrogen-bond acceptors (Lipinski definition) is 2. The molecule has 1 aromatic carbocycles. The minimum Gasteiger partial charge on any atom is -0.324 e. The summed E-state index contributed by atoms with van der Waals surface area (Å²) < 4.78 is 0. The van der Waals surface area contributed by atoms with Crippen LogP contribution in [0.1, 0.15) is 42.6 Å². The molecule has 0 aliphatic rings. The van der Waals surface area contributed by atoms with Crippen LogP contribution < -0.4 is 5.73 Å². The predicted octanol–water partition coefficient (Wildman–Crippen LogP) is 3.67. The molecular weight excluding hydrogens is 232 g/mol. The molecule has 0 aliphatic heterocycles. The van der Waals surface area contributed by atoms with Gasteiger partial charge in [0.25, 0.3) is 0 Å². The molecule has 0 amide bonds. The number of rotatable bonds is 6. The Morgan fingerprint density at radius 3 is 2.47 bits per heavy atom. The van der Waals surface area contributed by atoms with Crippen molar-refractivity contribution >= 4 is 0 Å². The maximum atomic E-state index is 6.24. The molecule has 1 heterocycles. The quantitative estimate of drug-likeness (QED) is 0.854. The molecule has 2 heteroatoms. The Kier molecular flexibility index (Phi) is 5.10. The SMILES string of the molecule is CCCc1ccc(C(N)CCc2ccccn2)cc1. The van der Waals surface area contributed by atoms with Gasteiger partial charge in [0.05, 0.1) is 0 Å². The van der Waals surface area contributed by atoms with Crippen molar-refractivity contribution in [3.8, 4) is 0 Å². The van der Waals surface area contributed by atoms with Crippen LogP contribution >= 0.6 is 0 Å². The zero-order chi connectivity index (χ0) is 13.5. The maximum Gasteiger partial charge on any atom is 0.0404 e. The van der Waals surface area contributed by atoms with Gasteiger partial charge in [-0.05, 0) is 42.5 Å². The third-order valence-corrected chi connectivity index (χ3v) is 3.38. The minimum absolute atomic E-state index is 0.0951. The van der Waals surface area contributed by atoms with Crippen LogP contribution in [0.2, 0.25) is 0 Å². The van der Waals surface area contributed by atoms with Gasteiger partial charge < -0.3 is 5.73 Å². The van der Waals surface area contributed by atoms with E-state index < -0.39 is 0 Å². The summed E-state index contributed by atoms with van der Waals surface area (Å²) in [4.78, 5) is 4.33. The zero-order valence-electron chi connectivity index (χ0n) is 11.5. The van der Waals surface area contributed by atoms with E-state index in [-0.39, 0.29) is 6.04 Å². The first-order valence-electron chi connectivity index (χ1n) is 7.04. The summed E-state index contributed by atoms with van der Waals surface area (Å²) in [5, 5.41) is 0. The summed E-state index contributed by atoms with van der Waals surface area (Å²) in [5.41, 5.74) is 9.96. The van der Waals surface area contributed by atoms with Crippen molar-refractivity contribution in [2.75, 3.05) is 0 Å². The van der Waals surface area contributed by atoms with Crippen molar-refractivity contribution in [2.45, 2.75) is 38.6 Å². The third kappa shape index (κ3) is 4.18. The van der Waals surface area contributed by atoms with E-state index in [1.54, 1.807) is 0 Å². The summed E-state index contributed by atoms with van der Waals surface area (Å²) >= 11 is 0. The van der Waals surface area contributed by atoms with Crippen LogP contribution in [-0.2, 0) is 12.8 Å². The van der Waals surface area contributed by atoms with Gasteiger partial charge in [-0.1, -0.05) is 43.7 Å². The van der Waals surface area contributed by atoms with E-state index in [0.717, 1.165) is 25.0 Å². The Labute approximate surface area is 115 Å². The van der Waals surface area contributed by atoms with Crippen molar-refractivity contribution in [2.24, 2.45) is 5.73 Å². The summed E-state index contributed by atoms with van der Waals surface area (Å²) in [7, 11) is 0. The predicted molar refractivity (Wildman–Crippen MR) is 79.9 cm³/mol. The highest BCUT2D eigenvalue weighted by Gasteiger charge is 2.06. The summed E-state index contributed by atoms with van der Waals surface area (Å²) in [6.07, 6.45) is 6.03. The topological polar surface area (TPSA) is 38.9 Å². The zero-order valence-corrected chi connectivity index (χ0v) is 11.5. The molecule has 0 aliphatic carbocycles. The maximum absolute atomic E-state index is 6.24. The molecule has 1 atom stereocenters. The molecule has 2 rings (SSSR count). The fourth-order valence-electron chi connectivity index (χ4n) is 2.24. The highest BCUT2D eigenvalue weighted by Crippen LogP contribution is 2.17. The van der Waals surface area contributed by atoms with Gasteiger partial charge >= 0.3 is 0 Å². The summed E-state index contributed by atoms with van der Waals surface area (Å²) in [6.45, 7) is 2.20. The number of aromatic nitrogens is 1. The van der Waals surface area contributed by atoms with Gasteiger partial charge in [0.2, 0.25) is 0 Å². The first-order chi connectivity index (χ1) is 9.29. The van der Waals surface area contributed by atoms with E-state index in [9.17, 15) is 0 Å². The van der Waals surface area contributed by atoms with Crippen LogP contribution in [0, 0.1) is 0 Å². The number of pyridine rings is 1. The molecule has 1 unspecified atom stereocenters. The number of nitrogens with zero attached hydrogens (tertiary/aromatic N) is 1. The smallest absolute Gasteiger partial charge is 0.0404 e. The second-order valence-electron chi connectivity index (χ2n) is 4.96. The molecule has 2 aromatic rings. The highest BCUT2D eigenvalue weighted by atomic mass is 14.7. The molecular formula is C17H22N2. The monoisotopic (exact) mass is 254 g/mol. The largest absolute Gasteiger partial charge is 0.324 e. The molecule has 2 N–H and O–H groups in total. The van der Waals surface area contributed by atoms with Crippen LogP contribution in [0.5, 0.6) is 0 Å². The lowest BCUT2D eigenvalue weighted by Gasteiger charge is -2.12. The molecule has 0 saturated heterocycles. The molecule has 0 spiro atoms. The van der Waals surface area contributed by atoms with E-state index in [0.29, 0.717) is 0 Å². The molecule has 0 radical (unpaired) electrons. The Morgan fingerprint density at radius 2 is 1.84 bits per heavy atom. The van der Waals surface area contributed by atoms with Gasteiger partial charge in [0.1, 0.15) is 0 Å². The van der Waals surface area contributed by atoms with Crippen LogP contribution in [0.25, 0.3) is 0 Å². The number of hydrogen-bond donors (Lipinski definition) is 1. The van der Waals surface area contributed by atoms with Crippen LogP contribution in [-0.4, -0.2) is 4.98 Å². The first-order valence-corrected chi connectivity index (χ1v) is 7.04. The number of nitrogens with two attached hydrogens (primary N) is 1. The average molecular weight is 254 g/mol. The first kappa shape index (κ1) is 13.8. The standard InChI is InChI=1S/C17H22N2/c1-2-5-14-7-9-15(10-8-14)17(18)12-11-16-6-3-4-13-19-16/h3-4,6-10,13,17H,2,5,11-12,18H2,1H3. The van der Waals surface area contributed by atoms with Crippen molar-refractivity contribution < 1.29 is 0 Å². The lowest BCUT2D eigenvalue weighted by Crippen LogP contribution is -2.11. The lowest BCUT2D eigenvalue weighted by molar-refractivity contribution is 0.643. The van der Waals surface area contributed by atoms with Gasteiger partial charge in [-0.15, -0.1) is 0 Å². The highest BCUT2D eigenvalue weighted by molar-refractivity contribution is 5.25. The van der Waals surface area contributed by atoms with Gasteiger partial charge in [-0.3, -0.25) is 4.98 Å². The van der Waals surface area contributed by atoms with Gasteiger partial charge in [-0.2, -0.15) is 0 Å². The molecule has 19 heavy (non-hydrogen) atoms. The summed E-state index contributed by atoms with van der Waals surface area (Å²) in [5.74, 6) is 0. The fraction of sp³-hybridized carbons (Fsp3) is 0.353. The Bertz CT molecular complexity index is 476. The van der Waals surface area contributed by atoms with Crippen molar-refractivity contribution in [3.63, 3.8) is 0 Å². The van der Waals surface area contributed by atoms with E-state index in [2.05, 4.69) is 42.2 Å². The Balaban J connectivity index is 1.90. The molecule has 0 saturated carbocycles. The average Bonchev–Trinajstić information content (AvgIpc) is 2.47. The number of benzene rings is 1. The normalized spacial score (nSPS) is 12.3. The van der Waals surface area contributed by atoms with Gasteiger partial charge in [-0.25, -0.2) is 0 Å². The van der Waals surface area contributed by atoms with E-state index in [1.165, 1.54) is 17.5 Å². The lowest BCUT2D eigenvalue weighted by atomic mass is 9.99. The summed E-state index contributed by atoms with van der Waals surface area (Å²) in [6, 6.07) is 14.8. The molecule has 0 fully saturated rings. The van der Waals surface area contributed by atoms with Crippen LogP contribution in [0.15, 0.2) is 48.7 Å². The van der Waals surface area contributed by atoms with Crippen LogP contribution in [0.3, 0.4) is 0 Å². The molecule has 100 valence electrons. The number of aryl methyl sites for hydroxylation is 2. The Hall–Kier alpha value is -1.67. The van der Waals surface area contributed by atoms with E-state index in [4.69, 9.17) is 5.73 Å². The minimum atomic E-state index is 0.0951. The van der Waals surface area contributed by atoms with Gasteiger partial charge in [0.15, 0.2) is 0 Å². The van der Waals surface area contributed by atoms with Crippen molar-refractivity contribution in [3.05, 3.63) is 65.5 Å². The second-order valence-corrected chi connectivity index (χ2v) is 4.96. The van der Waals surface area contributed by atoms with E-state index >= 15 is 0 Å². The van der Waals surface area contributed by atoms with Crippen LogP contribution in [0.4, 0.5) is 0 Å².